The second-order valence-electron chi connectivity index (χ2n) is 5.70. The zero-order valence-corrected chi connectivity index (χ0v) is 15.8. The molecule has 1 aliphatic rings. The summed E-state index contributed by atoms with van der Waals surface area (Å²) in [6, 6.07) is 3.25. The Bertz CT molecular complexity index is 747. The third-order valence-electron chi connectivity index (χ3n) is 4.16. The summed E-state index contributed by atoms with van der Waals surface area (Å²) in [5, 5.41) is 8.47. The van der Waals surface area contributed by atoms with Crippen LogP contribution in [-0.4, -0.2) is 34.2 Å². The van der Waals surface area contributed by atoms with Crippen molar-refractivity contribution in [2.45, 2.75) is 19.0 Å². The van der Waals surface area contributed by atoms with Gasteiger partial charge in [-0.2, -0.15) is 5.10 Å². The van der Waals surface area contributed by atoms with E-state index < -0.39 is 6.04 Å². The average molecular weight is 390 g/mol. The van der Waals surface area contributed by atoms with Crippen LogP contribution in [0, 0.1) is 0 Å². The molecule has 0 spiro atoms. The Balaban J connectivity index is 0.00000208. The van der Waals surface area contributed by atoms with Crippen LogP contribution in [0.2, 0.25) is 10.0 Å². The van der Waals surface area contributed by atoms with Gasteiger partial charge < -0.3 is 10.2 Å². The van der Waals surface area contributed by atoms with E-state index in [4.69, 9.17) is 23.2 Å². The monoisotopic (exact) mass is 388 g/mol. The van der Waals surface area contributed by atoms with Gasteiger partial charge in [0.25, 0.3) is 0 Å². The summed E-state index contributed by atoms with van der Waals surface area (Å²) in [7, 11) is 3.61. The lowest BCUT2D eigenvalue weighted by Gasteiger charge is -2.32. The first-order chi connectivity index (χ1) is 11.0. The van der Waals surface area contributed by atoms with E-state index >= 15 is 0 Å². The summed E-state index contributed by atoms with van der Waals surface area (Å²) >= 11 is 12.4. The van der Waals surface area contributed by atoms with Gasteiger partial charge in [0.15, 0.2) is 0 Å². The summed E-state index contributed by atoms with van der Waals surface area (Å²) in [6.45, 7) is 1.16. The van der Waals surface area contributed by atoms with Gasteiger partial charge >= 0.3 is 0 Å². The predicted octanol–water partition coefficient (Wildman–Crippen LogP) is 2.99. The van der Waals surface area contributed by atoms with Crippen molar-refractivity contribution in [3.8, 4) is 0 Å². The predicted molar refractivity (Wildman–Crippen MR) is 97.8 cm³/mol. The first-order valence-electron chi connectivity index (χ1n) is 7.41. The Labute approximate surface area is 157 Å². The second kappa shape index (κ2) is 7.74. The standard InChI is InChI=1S/C16H18Cl2N4O.ClH/c1-19-15(11-7-20-21(2)8-11)16(23)22-4-3-10-5-12(17)6-14(18)13(10)9-22;/h5-8,15,19H,3-4,9H2,1-2H3;1H. The lowest BCUT2D eigenvalue weighted by Crippen LogP contribution is -2.42. The summed E-state index contributed by atoms with van der Waals surface area (Å²) in [6.07, 6.45) is 4.32. The minimum Gasteiger partial charge on any atom is -0.336 e. The number of carbonyl (C=O) groups excluding carboxylic acids is 1. The number of aryl methyl sites for hydroxylation is 1. The fourth-order valence-electron chi connectivity index (χ4n) is 2.97. The molecule has 0 bridgehead atoms. The van der Waals surface area contributed by atoms with Gasteiger partial charge in [-0.1, -0.05) is 23.2 Å². The molecule has 1 aliphatic heterocycles. The highest BCUT2D eigenvalue weighted by Crippen LogP contribution is 2.31. The molecule has 0 fully saturated rings. The molecule has 0 saturated heterocycles. The number of nitrogens with zero attached hydrogens (tertiary/aromatic N) is 3. The SMILES string of the molecule is CNC(C(=O)N1CCc2cc(Cl)cc(Cl)c2C1)c1cnn(C)c1.Cl. The smallest absolute Gasteiger partial charge is 0.244 e. The van der Waals surface area contributed by atoms with E-state index in [9.17, 15) is 4.79 Å². The second-order valence-corrected chi connectivity index (χ2v) is 6.55. The number of aromatic nitrogens is 2. The molecule has 3 rings (SSSR count). The van der Waals surface area contributed by atoms with Gasteiger partial charge in [0.2, 0.25) is 5.91 Å². The van der Waals surface area contributed by atoms with Crippen LogP contribution in [0.25, 0.3) is 0 Å². The number of hydrogen-bond donors (Lipinski definition) is 1. The Hall–Kier alpha value is -1.27. The highest BCUT2D eigenvalue weighted by Gasteiger charge is 2.29. The number of amides is 1. The molecule has 1 amide bonds. The van der Waals surface area contributed by atoms with Gasteiger partial charge in [-0.05, 0) is 36.7 Å². The molecule has 1 unspecified atom stereocenters. The molecule has 0 saturated carbocycles. The minimum absolute atomic E-state index is 0. The first kappa shape index (κ1) is 19.1. The summed E-state index contributed by atoms with van der Waals surface area (Å²) in [4.78, 5) is 14.7. The van der Waals surface area contributed by atoms with Crippen LogP contribution in [0.15, 0.2) is 24.5 Å². The van der Waals surface area contributed by atoms with Crippen LogP contribution in [0.3, 0.4) is 0 Å². The number of halogens is 3. The maximum atomic E-state index is 12.9. The van der Waals surface area contributed by atoms with Crippen LogP contribution in [0.4, 0.5) is 0 Å². The van der Waals surface area contributed by atoms with Crippen molar-refractivity contribution < 1.29 is 4.79 Å². The van der Waals surface area contributed by atoms with E-state index in [0.29, 0.717) is 23.1 Å². The quantitative estimate of drug-likeness (QED) is 0.878. The Morgan fingerprint density at radius 1 is 1.38 bits per heavy atom. The fourth-order valence-corrected chi connectivity index (χ4v) is 3.57. The molecule has 24 heavy (non-hydrogen) atoms. The first-order valence-corrected chi connectivity index (χ1v) is 8.16. The van der Waals surface area contributed by atoms with Crippen molar-refractivity contribution in [2.24, 2.45) is 7.05 Å². The van der Waals surface area contributed by atoms with Gasteiger partial charge in [0.05, 0.1) is 6.20 Å². The van der Waals surface area contributed by atoms with Crippen LogP contribution in [0.5, 0.6) is 0 Å². The zero-order valence-electron chi connectivity index (χ0n) is 13.4. The van der Waals surface area contributed by atoms with Gasteiger partial charge in [0, 0.05) is 41.9 Å². The number of rotatable bonds is 3. The van der Waals surface area contributed by atoms with E-state index in [1.165, 1.54) is 0 Å². The van der Waals surface area contributed by atoms with Crippen molar-refractivity contribution >= 4 is 41.5 Å². The lowest BCUT2D eigenvalue weighted by molar-refractivity contribution is -0.134. The van der Waals surface area contributed by atoms with Gasteiger partial charge in [0.1, 0.15) is 6.04 Å². The Morgan fingerprint density at radius 2 is 2.12 bits per heavy atom. The largest absolute Gasteiger partial charge is 0.336 e. The normalized spacial score (nSPS) is 14.8. The van der Waals surface area contributed by atoms with E-state index in [0.717, 1.165) is 23.1 Å². The third kappa shape index (κ3) is 3.70. The highest BCUT2D eigenvalue weighted by atomic mass is 35.5. The van der Waals surface area contributed by atoms with Crippen molar-refractivity contribution in [3.63, 3.8) is 0 Å². The molecule has 1 aromatic carbocycles. The van der Waals surface area contributed by atoms with Crippen molar-refractivity contribution in [3.05, 3.63) is 51.3 Å². The molecule has 1 N–H and O–H groups in total. The van der Waals surface area contributed by atoms with Gasteiger partial charge in [-0.15, -0.1) is 12.4 Å². The third-order valence-corrected chi connectivity index (χ3v) is 4.71. The maximum Gasteiger partial charge on any atom is 0.244 e. The molecule has 1 atom stereocenters. The molecule has 2 aromatic rings. The van der Waals surface area contributed by atoms with Crippen molar-refractivity contribution in [1.29, 1.82) is 0 Å². The summed E-state index contributed by atoms with van der Waals surface area (Å²) in [5.41, 5.74) is 2.96. The van der Waals surface area contributed by atoms with Crippen LogP contribution < -0.4 is 5.32 Å². The van der Waals surface area contributed by atoms with Crippen molar-refractivity contribution in [2.75, 3.05) is 13.6 Å². The van der Waals surface area contributed by atoms with Crippen LogP contribution >= 0.6 is 35.6 Å². The Morgan fingerprint density at radius 3 is 2.75 bits per heavy atom. The van der Waals surface area contributed by atoms with E-state index in [1.807, 2.05) is 24.2 Å². The molecule has 2 heterocycles. The topological polar surface area (TPSA) is 50.2 Å². The van der Waals surface area contributed by atoms with Crippen molar-refractivity contribution in [1.82, 2.24) is 20.0 Å². The van der Waals surface area contributed by atoms with E-state index in [1.54, 1.807) is 24.0 Å². The number of carbonyl (C=O) groups is 1. The highest BCUT2D eigenvalue weighted by molar-refractivity contribution is 6.35. The fraction of sp³-hybridized carbons (Fsp3) is 0.375. The van der Waals surface area contributed by atoms with Gasteiger partial charge in [-0.3, -0.25) is 9.48 Å². The van der Waals surface area contributed by atoms with E-state index in [2.05, 4.69) is 10.4 Å². The molecule has 8 heteroatoms. The number of benzene rings is 1. The summed E-state index contributed by atoms with van der Waals surface area (Å²) < 4.78 is 1.69. The number of likely N-dealkylation sites (N-methyl/N-ethyl adjacent to an activating group) is 1. The number of fused-ring (bicyclic) bond motifs is 1. The molecule has 0 radical (unpaired) electrons. The van der Waals surface area contributed by atoms with Gasteiger partial charge in [-0.25, -0.2) is 0 Å². The maximum absolute atomic E-state index is 12.9. The molecule has 5 nitrogen and oxygen atoms in total. The zero-order chi connectivity index (χ0) is 16.6. The minimum atomic E-state index is -0.406. The van der Waals surface area contributed by atoms with Crippen LogP contribution in [-0.2, 0) is 24.8 Å². The van der Waals surface area contributed by atoms with Crippen LogP contribution in [0.1, 0.15) is 22.7 Å². The lowest BCUT2D eigenvalue weighted by atomic mass is 9.98. The number of hydrogen-bond acceptors (Lipinski definition) is 3. The molecule has 1 aromatic heterocycles. The Kier molecular flexibility index (Phi) is 6.15. The number of nitrogens with one attached hydrogen (secondary N) is 1. The molecular formula is C16H19Cl3N4O. The molecular weight excluding hydrogens is 371 g/mol. The molecule has 0 aliphatic carbocycles. The van der Waals surface area contributed by atoms with E-state index in [-0.39, 0.29) is 18.3 Å². The summed E-state index contributed by atoms with van der Waals surface area (Å²) in [5.74, 6) is 0.0252. The average Bonchev–Trinajstić information content (AvgIpc) is 2.93. The molecule has 130 valence electrons.